The minimum Gasteiger partial charge on any atom is -0.347 e. The van der Waals surface area contributed by atoms with Crippen LogP contribution in [-0.2, 0) is 13.0 Å². The summed E-state index contributed by atoms with van der Waals surface area (Å²) in [7, 11) is 0. The van der Waals surface area contributed by atoms with Crippen LogP contribution in [0.1, 0.15) is 23.3 Å². The zero-order chi connectivity index (χ0) is 20.5. The summed E-state index contributed by atoms with van der Waals surface area (Å²) in [6.45, 7) is 0.358. The van der Waals surface area contributed by atoms with E-state index in [1.54, 1.807) is 23.4 Å². The van der Waals surface area contributed by atoms with Crippen molar-refractivity contribution in [3.8, 4) is 11.4 Å². The van der Waals surface area contributed by atoms with Gasteiger partial charge >= 0.3 is 6.03 Å². The molecule has 1 aliphatic heterocycles. The number of amides is 2. The van der Waals surface area contributed by atoms with E-state index in [4.69, 9.17) is 16.1 Å². The molecule has 0 radical (unpaired) electrons. The molecule has 2 N–H and O–H groups in total. The lowest BCUT2D eigenvalue weighted by molar-refractivity contribution is 0.155. The summed E-state index contributed by atoms with van der Waals surface area (Å²) in [6, 6.07) is 15.8. The molecule has 1 atom stereocenters. The van der Waals surface area contributed by atoms with Crippen molar-refractivity contribution in [3.05, 3.63) is 83.2 Å². The molecule has 0 saturated heterocycles. The molecule has 2 aromatic carbocycles. The van der Waals surface area contributed by atoms with Gasteiger partial charge in [-0.1, -0.05) is 35.0 Å². The first-order chi connectivity index (χ1) is 14.7. The summed E-state index contributed by atoms with van der Waals surface area (Å²) >= 11 is 5.96. The quantitative estimate of drug-likeness (QED) is 0.510. The second-order valence-corrected chi connectivity index (χ2v) is 7.37. The van der Waals surface area contributed by atoms with Gasteiger partial charge < -0.3 is 19.7 Å². The number of aromatic nitrogens is 4. The number of halogens is 1. The lowest BCUT2D eigenvalue weighted by Gasteiger charge is -2.32. The van der Waals surface area contributed by atoms with Crippen molar-refractivity contribution in [3.63, 3.8) is 0 Å². The first-order valence-corrected chi connectivity index (χ1v) is 9.78. The molecule has 1 unspecified atom stereocenters. The SMILES string of the molecule is O=C(Nc1ccccc1)N1Cc2[nH]cnc2CC1c1nc(-c2ccc(Cl)cc2)no1. The molecule has 9 heteroatoms. The monoisotopic (exact) mass is 420 g/mol. The van der Waals surface area contributed by atoms with Crippen molar-refractivity contribution in [1.29, 1.82) is 0 Å². The van der Waals surface area contributed by atoms with Crippen LogP contribution in [0.5, 0.6) is 0 Å². The van der Waals surface area contributed by atoms with Crippen LogP contribution >= 0.6 is 11.6 Å². The fourth-order valence-electron chi connectivity index (χ4n) is 3.47. The Labute approximate surface area is 176 Å². The van der Waals surface area contributed by atoms with Crippen molar-refractivity contribution in [1.82, 2.24) is 25.0 Å². The van der Waals surface area contributed by atoms with Crippen LogP contribution in [0, 0.1) is 0 Å². The molecular weight excluding hydrogens is 404 g/mol. The molecule has 2 aromatic heterocycles. The minimum absolute atomic E-state index is 0.252. The second kappa shape index (κ2) is 7.64. The predicted octanol–water partition coefficient (Wildman–Crippen LogP) is 4.44. The zero-order valence-electron chi connectivity index (χ0n) is 15.7. The largest absolute Gasteiger partial charge is 0.347 e. The number of hydrogen-bond acceptors (Lipinski definition) is 5. The fraction of sp³-hybridized carbons (Fsp3) is 0.143. The minimum atomic E-state index is -0.432. The molecule has 0 bridgehead atoms. The Morgan fingerprint density at radius 3 is 2.77 bits per heavy atom. The maximum atomic E-state index is 13.1. The molecule has 30 heavy (non-hydrogen) atoms. The molecule has 3 heterocycles. The number of nitrogens with zero attached hydrogens (tertiary/aromatic N) is 4. The van der Waals surface area contributed by atoms with Gasteiger partial charge in [0.05, 0.1) is 24.3 Å². The van der Waals surface area contributed by atoms with E-state index in [1.165, 1.54) is 0 Å². The van der Waals surface area contributed by atoms with Crippen LogP contribution in [0.15, 0.2) is 65.4 Å². The molecule has 0 saturated carbocycles. The topological polar surface area (TPSA) is 99.9 Å². The average molecular weight is 421 g/mol. The van der Waals surface area contributed by atoms with E-state index in [0.29, 0.717) is 35.4 Å². The van der Waals surface area contributed by atoms with Gasteiger partial charge in [-0.3, -0.25) is 0 Å². The van der Waals surface area contributed by atoms with Gasteiger partial charge in [0.1, 0.15) is 6.04 Å². The van der Waals surface area contributed by atoms with E-state index in [0.717, 1.165) is 17.0 Å². The Balaban J connectivity index is 1.45. The third kappa shape index (κ3) is 3.53. The summed E-state index contributed by atoms with van der Waals surface area (Å²) in [4.78, 5) is 26.8. The highest BCUT2D eigenvalue weighted by atomic mass is 35.5. The number of para-hydroxylation sites is 1. The maximum absolute atomic E-state index is 13.1. The smallest absolute Gasteiger partial charge is 0.322 e. The van der Waals surface area contributed by atoms with Gasteiger partial charge in [-0.05, 0) is 36.4 Å². The van der Waals surface area contributed by atoms with Gasteiger partial charge in [-0.2, -0.15) is 4.98 Å². The Hall–Kier alpha value is -3.65. The molecule has 1 aliphatic rings. The van der Waals surface area contributed by atoms with Gasteiger partial charge in [-0.15, -0.1) is 0 Å². The first kappa shape index (κ1) is 18.4. The molecule has 0 aliphatic carbocycles. The molecule has 0 spiro atoms. The molecule has 150 valence electrons. The number of carbonyl (C=O) groups is 1. The number of urea groups is 1. The third-order valence-electron chi connectivity index (χ3n) is 5.01. The number of nitrogens with one attached hydrogen (secondary N) is 2. The van der Waals surface area contributed by atoms with Crippen LogP contribution in [0.4, 0.5) is 10.5 Å². The van der Waals surface area contributed by atoms with Gasteiger partial charge in [0.2, 0.25) is 11.7 Å². The fourth-order valence-corrected chi connectivity index (χ4v) is 3.60. The van der Waals surface area contributed by atoms with Crippen molar-refractivity contribution < 1.29 is 9.32 Å². The number of H-pyrrole nitrogens is 1. The van der Waals surface area contributed by atoms with Crippen molar-refractivity contribution >= 4 is 23.3 Å². The summed E-state index contributed by atoms with van der Waals surface area (Å²) in [5, 5.41) is 7.65. The third-order valence-corrected chi connectivity index (χ3v) is 5.27. The van der Waals surface area contributed by atoms with E-state index in [9.17, 15) is 4.79 Å². The van der Waals surface area contributed by atoms with Crippen molar-refractivity contribution in [2.24, 2.45) is 0 Å². The average Bonchev–Trinajstić information content (AvgIpc) is 3.43. The number of fused-ring (bicyclic) bond motifs is 1. The number of aromatic amines is 1. The van der Waals surface area contributed by atoms with Crippen LogP contribution in [0.2, 0.25) is 5.02 Å². The lowest BCUT2D eigenvalue weighted by atomic mass is 10.0. The summed E-state index contributed by atoms with van der Waals surface area (Å²) < 4.78 is 5.56. The summed E-state index contributed by atoms with van der Waals surface area (Å²) in [6.07, 6.45) is 2.11. The van der Waals surface area contributed by atoms with E-state index in [-0.39, 0.29) is 6.03 Å². The second-order valence-electron chi connectivity index (χ2n) is 6.93. The Morgan fingerprint density at radius 1 is 1.17 bits per heavy atom. The Bertz CT molecular complexity index is 1170. The molecular formula is C21H17ClN6O2. The molecule has 5 rings (SSSR count). The van der Waals surface area contributed by atoms with E-state index in [1.807, 2.05) is 42.5 Å². The van der Waals surface area contributed by atoms with E-state index < -0.39 is 6.04 Å². The van der Waals surface area contributed by atoms with Crippen LogP contribution in [-0.4, -0.2) is 31.0 Å². The van der Waals surface area contributed by atoms with Crippen LogP contribution in [0.3, 0.4) is 0 Å². The summed E-state index contributed by atoms with van der Waals surface area (Å²) in [5.74, 6) is 0.801. The highest BCUT2D eigenvalue weighted by molar-refractivity contribution is 6.30. The molecule has 4 aromatic rings. The standard InChI is InChI=1S/C21H17ClN6O2/c22-14-8-6-13(7-9-14)19-26-20(30-27-19)18-10-16-17(24-12-23-16)11-28(18)21(29)25-15-4-2-1-3-5-15/h1-9,12,18H,10-11H2,(H,23,24)(H,25,29). The number of rotatable bonds is 3. The summed E-state index contributed by atoms with van der Waals surface area (Å²) in [5.41, 5.74) is 3.27. The zero-order valence-corrected chi connectivity index (χ0v) is 16.5. The van der Waals surface area contributed by atoms with E-state index in [2.05, 4.69) is 25.4 Å². The molecule has 0 fully saturated rings. The number of anilines is 1. The highest BCUT2D eigenvalue weighted by Gasteiger charge is 2.36. The Morgan fingerprint density at radius 2 is 1.97 bits per heavy atom. The number of hydrogen-bond donors (Lipinski definition) is 2. The van der Waals surface area contributed by atoms with Gasteiger partial charge in [0.15, 0.2) is 0 Å². The van der Waals surface area contributed by atoms with Crippen molar-refractivity contribution in [2.45, 2.75) is 19.0 Å². The van der Waals surface area contributed by atoms with Crippen molar-refractivity contribution in [2.75, 3.05) is 5.32 Å². The molecule has 2 amide bonds. The van der Waals surface area contributed by atoms with Crippen LogP contribution in [0.25, 0.3) is 11.4 Å². The number of imidazole rings is 1. The molecule has 8 nitrogen and oxygen atoms in total. The lowest BCUT2D eigenvalue weighted by Crippen LogP contribution is -2.41. The number of benzene rings is 2. The maximum Gasteiger partial charge on any atom is 0.322 e. The van der Waals surface area contributed by atoms with Gasteiger partial charge in [0, 0.05) is 22.7 Å². The van der Waals surface area contributed by atoms with Gasteiger partial charge in [-0.25, -0.2) is 9.78 Å². The number of carbonyl (C=O) groups excluding carboxylic acids is 1. The van der Waals surface area contributed by atoms with E-state index >= 15 is 0 Å². The highest BCUT2D eigenvalue weighted by Crippen LogP contribution is 2.32. The van der Waals surface area contributed by atoms with Gasteiger partial charge in [0.25, 0.3) is 0 Å². The Kier molecular flexibility index (Phi) is 4.68. The normalized spacial score (nSPS) is 15.6. The van der Waals surface area contributed by atoms with Crippen LogP contribution < -0.4 is 5.32 Å². The predicted molar refractivity (Wildman–Crippen MR) is 111 cm³/mol. The first-order valence-electron chi connectivity index (χ1n) is 9.41.